The van der Waals surface area contributed by atoms with Crippen molar-refractivity contribution in [2.24, 2.45) is 0 Å². The number of hydrogen-bond acceptors (Lipinski definition) is 5. The third-order valence-electron chi connectivity index (χ3n) is 10.9. The minimum absolute atomic E-state index is 0.563. The number of para-hydroxylation sites is 2. The molecule has 0 aliphatic rings. The van der Waals surface area contributed by atoms with Crippen molar-refractivity contribution in [3.8, 4) is 68.2 Å². The highest BCUT2D eigenvalue weighted by Gasteiger charge is 2.21. The van der Waals surface area contributed by atoms with Crippen molar-refractivity contribution in [2.75, 3.05) is 0 Å². The summed E-state index contributed by atoms with van der Waals surface area (Å²) in [7, 11) is 0. The van der Waals surface area contributed by atoms with E-state index in [9.17, 15) is 5.26 Å². The quantitative estimate of drug-likeness (QED) is 0.169. The van der Waals surface area contributed by atoms with Crippen LogP contribution in [0, 0.1) is 11.3 Å². The first-order chi connectivity index (χ1) is 28.7. The predicted octanol–water partition coefficient (Wildman–Crippen LogP) is 13.1. The Bertz CT molecular complexity index is 3340. The van der Waals surface area contributed by atoms with Gasteiger partial charge in [0, 0.05) is 38.2 Å². The van der Waals surface area contributed by atoms with Gasteiger partial charge in [-0.1, -0.05) is 133 Å². The third-order valence-corrected chi connectivity index (χ3v) is 10.9. The molecule has 0 spiro atoms. The van der Waals surface area contributed by atoms with E-state index in [1.807, 2.05) is 103 Å². The van der Waals surface area contributed by atoms with Gasteiger partial charge in [0.1, 0.15) is 11.2 Å². The zero-order valence-corrected chi connectivity index (χ0v) is 31.0. The van der Waals surface area contributed by atoms with Gasteiger partial charge < -0.3 is 8.98 Å². The van der Waals surface area contributed by atoms with E-state index < -0.39 is 0 Å². The van der Waals surface area contributed by atoms with Gasteiger partial charge in [-0.25, -0.2) is 15.0 Å². The van der Waals surface area contributed by atoms with Gasteiger partial charge in [0.2, 0.25) is 0 Å². The molecule has 11 rings (SSSR count). The second-order valence-electron chi connectivity index (χ2n) is 14.4. The highest BCUT2D eigenvalue weighted by Crippen LogP contribution is 2.40. The van der Waals surface area contributed by atoms with Gasteiger partial charge in [0.15, 0.2) is 17.5 Å². The van der Waals surface area contributed by atoms with Crippen LogP contribution in [0.25, 0.3) is 106 Å². The lowest BCUT2D eigenvalue weighted by Crippen LogP contribution is -2.04. The predicted molar refractivity (Wildman–Crippen MR) is 233 cm³/mol. The van der Waals surface area contributed by atoms with E-state index in [0.717, 1.165) is 88.4 Å². The average molecular weight is 742 g/mol. The summed E-state index contributed by atoms with van der Waals surface area (Å²) in [6, 6.07) is 66.4. The Morgan fingerprint density at radius 1 is 0.397 bits per heavy atom. The minimum Gasteiger partial charge on any atom is -0.456 e. The van der Waals surface area contributed by atoms with Crippen LogP contribution in [0.15, 0.2) is 192 Å². The van der Waals surface area contributed by atoms with Crippen molar-refractivity contribution in [2.45, 2.75) is 0 Å². The Morgan fingerprint density at radius 2 is 0.948 bits per heavy atom. The minimum atomic E-state index is 0.563. The van der Waals surface area contributed by atoms with Crippen LogP contribution < -0.4 is 0 Å². The topological polar surface area (TPSA) is 80.5 Å². The molecule has 6 nitrogen and oxygen atoms in total. The molecule has 0 saturated carbocycles. The Kier molecular flexibility index (Phi) is 7.76. The lowest BCUT2D eigenvalue weighted by molar-refractivity contribution is 0.669. The van der Waals surface area contributed by atoms with E-state index in [4.69, 9.17) is 19.4 Å². The number of nitriles is 1. The van der Waals surface area contributed by atoms with Crippen molar-refractivity contribution in [1.29, 1.82) is 5.26 Å². The van der Waals surface area contributed by atoms with Crippen molar-refractivity contribution in [1.82, 2.24) is 19.5 Å². The number of furan rings is 1. The molecule has 0 bridgehead atoms. The molecule has 0 aliphatic carbocycles. The monoisotopic (exact) mass is 741 g/mol. The van der Waals surface area contributed by atoms with E-state index in [-0.39, 0.29) is 0 Å². The van der Waals surface area contributed by atoms with Crippen LogP contribution in [-0.2, 0) is 0 Å². The maximum atomic E-state index is 9.47. The Labute approximate surface area is 333 Å². The summed E-state index contributed by atoms with van der Waals surface area (Å²) < 4.78 is 8.54. The molecule has 6 heteroatoms. The lowest BCUT2D eigenvalue weighted by atomic mass is 9.99. The van der Waals surface area contributed by atoms with Crippen molar-refractivity contribution in [3.63, 3.8) is 0 Å². The first-order valence-electron chi connectivity index (χ1n) is 19.2. The molecule has 0 N–H and O–H groups in total. The van der Waals surface area contributed by atoms with Gasteiger partial charge in [0.25, 0.3) is 0 Å². The second-order valence-corrected chi connectivity index (χ2v) is 14.4. The first-order valence-corrected chi connectivity index (χ1v) is 19.2. The molecular formula is C52H31N5O. The maximum Gasteiger partial charge on any atom is 0.166 e. The van der Waals surface area contributed by atoms with Crippen LogP contribution in [0.1, 0.15) is 5.56 Å². The summed E-state index contributed by atoms with van der Waals surface area (Å²) in [5.41, 5.74) is 12.2. The largest absolute Gasteiger partial charge is 0.456 e. The standard InChI is InChI=1S/C52H31N5O/c53-32-33-19-21-34(22-20-33)39-23-26-41-40-15-7-9-17-45(40)57(47(41)31-39)46-27-24-37(38-25-28-49-43(29-38)42-16-8-10-18-48(42)58-49)30-44(46)52-55-50(35-11-3-1-4-12-35)54-51(56-52)36-13-5-2-6-14-36/h1-31H. The average Bonchev–Trinajstić information content (AvgIpc) is 3.84. The van der Waals surface area contributed by atoms with Crippen LogP contribution in [0.5, 0.6) is 0 Å². The summed E-state index contributed by atoms with van der Waals surface area (Å²) in [6.07, 6.45) is 0. The van der Waals surface area contributed by atoms with E-state index >= 15 is 0 Å². The molecule has 270 valence electrons. The molecule has 0 radical (unpaired) electrons. The molecule has 0 fully saturated rings. The van der Waals surface area contributed by atoms with Crippen LogP contribution in [0.2, 0.25) is 0 Å². The van der Waals surface area contributed by atoms with Gasteiger partial charge in [-0.3, -0.25) is 0 Å². The lowest BCUT2D eigenvalue weighted by Gasteiger charge is -2.17. The summed E-state index contributed by atoms with van der Waals surface area (Å²) in [5.74, 6) is 1.75. The van der Waals surface area contributed by atoms with Gasteiger partial charge in [0.05, 0.1) is 28.4 Å². The number of hydrogen-bond donors (Lipinski definition) is 0. The third kappa shape index (κ3) is 5.61. The van der Waals surface area contributed by atoms with E-state index in [2.05, 4.69) is 95.6 Å². The summed E-state index contributed by atoms with van der Waals surface area (Å²) >= 11 is 0. The molecule has 0 saturated heterocycles. The molecule has 0 aliphatic heterocycles. The van der Waals surface area contributed by atoms with Gasteiger partial charge in [-0.2, -0.15) is 5.26 Å². The highest BCUT2D eigenvalue weighted by atomic mass is 16.3. The smallest absolute Gasteiger partial charge is 0.166 e. The van der Waals surface area contributed by atoms with E-state index in [0.29, 0.717) is 23.0 Å². The van der Waals surface area contributed by atoms with Crippen molar-refractivity contribution in [3.05, 3.63) is 194 Å². The normalized spacial score (nSPS) is 11.4. The second kappa shape index (κ2) is 13.6. The molecular weight excluding hydrogens is 711 g/mol. The number of aromatic nitrogens is 4. The molecule has 8 aromatic carbocycles. The fraction of sp³-hybridized carbons (Fsp3) is 0. The zero-order chi connectivity index (χ0) is 38.6. The SMILES string of the molecule is N#Cc1ccc(-c2ccc3c4ccccc4n(-c4ccc(-c5ccc6oc7ccccc7c6c5)cc4-c4nc(-c5ccccc5)nc(-c5ccccc5)n4)c3c2)cc1. The number of benzene rings is 8. The van der Waals surface area contributed by atoms with Crippen LogP contribution in [0.4, 0.5) is 0 Å². The zero-order valence-electron chi connectivity index (χ0n) is 31.0. The van der Waals surface area contributed by atoms with Gasteiger partial charge >= 0.3 is 0 Å². The summed E-state index contributed by atoms with van der Waals surface area (Å²) in [5, 5.41) is 13.9. The molecule has 3 heterocycles. The van der Waals surface area contributed by atoms with Crippen molar-refractivity contribution < 1.29 is 4.42 Å². The molecule has 3 aromatic heterocycles. The molecule has 11 aromatic rings. The van der Waals surface area contributed by atoms with Crippen LogP contribution in [-0.4, -0.2) is 19.5 Å². The highest BCUT2D eigenvalue weighted by molar-refractivity contribution is 6.11. The number of nitrogens with zero attached hydrogens (tertiary/aromatic N) is 5. The molecule has 0 amide bonds. The van der Waals surface area contributed by atoms with Crippen LogP contribution in [0.3, 0.4) is 0 Å². The maximum absolute atomic E-state index is 9.47. The van der Waals surface area contributed by atoms with Gasteiger partial charge in [-0.05, 0) is 76.9 Å². The van der Waals surface area contributed by atoms with Crippen LogP contribution >= 0.6 is 0 Å². The van der Waals surface area contributed by atoms with E-state index in [1.54, 1.807) is 0 Å². The summed E-state index contributed by atoms with van der Waals surface area (Å²) in [6.45, 7) is 0. The Morgan fingerprint density at radius 3 is 1.69 bits per heavy atom. The number of rotatable bonds is 6. The van der Waals surface area contributed by atoms with Crippen molar-refractivity contribution >= 4 is 43.7 Å². The van der Waals surface area contributed by atoms with Gasteiger partial charge in [-0.15, -0.1) is 0 Å². The molecule has 58 heavy (non-hydrogen) atoms. The van der Waals surface area contributed by atoms with E-state index in [1.165, 1.54) is 0 Å². The Hall–Kier alpha value is -8.14. The number of fused-ring (bicyclic) bond motifs is 6. The fourth-order valence-corrected chi connectivity index (χ4v) is 8.07. The summed E-state index contributed by atoms with van der Waals surface area (Å²) in [4.78, 5) is 15.5. The Balaban J connectivity index is 1.20. The first kappa shape index (κ1) is 33.2. The fourth-order valence-electron chi connectivity index (χ4n) is 8.07. The molecule has 0 unspecified atom stereocenters. The molecule has 0 atom stereocenters.